The molecule has 9 heteroatoms. The van der Waals surface area contributed by atoms with Crippen LogP contribution in [0.4, 0.5) is 5.95 Å². The predicted octanol–water partition coefficient (Wildman–Crippen LogP) is 3.44. The summed E-state index contributed by atoms with van der Waals surface area (Å²) in [6.07, 6.45) is 10.6. The SMILES string of the molecule is COC1CCN(c2nccc(Cc3cc4c(cn3)c(C(=O)NC3CCN(C)CC3)cn4C(C)C)n2)CC1. The van der Waals surface area contributed by atoms with Gasteiger partial charge in [0.25, 0.3) is 5.91 Å². The number of likely N-dealkylation sites (tertiary alicyclic amines) is 1. The third-order valence-electron chi connectivity index (χ3n) is 7.75. The van der Waals surface area contributed by atoms with Crippen molar-refractivity contribution >= 4 is 22.8 Å². The number of fused-ring (bicyclic) bond motifs is 1. The molecule has 2 fully saturated rings. The van der Waals surface area contributed by atoms with Gasteiger partial charge in [0.1, 0.15) is 0 Å². The molecule has 5 heterocycles. The molecule has 2 aliphatic heterocycles. The topological polar surface area (TPSA) is 88.4 Å². The number of anilines is 1. The minimum Gasteiger partial charge on any atom is -0.381 e. The van der Waals surface area contributed by atoms with Crippen molar-refractivity contribution in [3.8, 4) is 0 Å². The second-order valence-corrected chi connectivity index (χ2v) is 10.7. The van der Waals surface area contributed by atoms with Gasteiger partial charge in [-0.3, -0.25) is 9.78 Å². The van der Waals surface area contributed by atoms with Crippen molar-refractivity contribution in [2.45, 2.75) is 64.1 Å². The Kier molecular flexibility index (Phi) is 7.71. The highest BCUT2D eigenvalue weighted by molar-refractivity contribution is 6.07. The number of hydrogen-bond donors (Lipinski definition) is 1. The maximum absolute atomic E-state index is 13.3. The number of piperidine rings is 2. The van der Waals surface area contributed by atoms with Gasteiger partial charge in [0.2, 0.25) is 5.95 Å². The van der Waals surface area contributed by atoms with Crippen LogP contribution in [0.15, 0.2) is 30.7 Å². The van der Waals surface area contributed by atoms with E-state index in [-0.39, 0.29) is 18.0 Å². The van der Waals surface area contributed by atoms with Crippen molar-refractivity contribution < 1.29 is 9.53 Å². The van der Waals surface area contributed by atoms with E-state index in [2.05, 4.69) is 51.6 Å². The first-order chi connectivity index (χ1) is 17.9. The maximum atomic E-state index is 13.3. The first kappa shape index (κ1) is 25.6. The monoisotopic (exact) mass is 505 g/mol. The van der Waals surface area contributed by atoms with Gasteiger partial charge < -0.3 is 24.4 Å². The summed E-state index contributed by atoms with van der Waals surface area (Å²) < 4.78 is 7.67. The number of methoxy groups -OCH3 is 1. The van der Waals surface area contributed by atoms with E-state index in [1.165, 1.54) is 0 Å². The van der Waals surface area contributed by atoms with E-state index in [0.717, 1.165) is 80.1 Å². The van der Waals surface area contributed by atoms with Gasteiger partial charge in [0, 0.05) is 68.4 Å². The standard InChI is InChI=1S/C28H39N7O2/c1-19(2)35-18-25(27(36)31-20-6-11-33(3)12-7-20)24-17-30-22(16-26(24)35)15-21-5-10-29-28(32-21)34-13-8-23(37-4)9-14-34/h5,10,16-20,23H,6-9,11-15H2,1-4H3,(H,31,36). The van der Waals surface area contributed by atoms with Crippen LogP contribution >= 0.6 is 0 Å². The van der Waals surface area contributed by atoms with E-state index >= 15 is 0 Å². The van der Waals surface area contributed by atoms with Crippen molar-refractivity contribution in [3.05, 3.63) is 47.7 Å². The normalized spacial score (nSPS) is 18.1. The van der Waals surface area contributed by atoms with E-state index in [0.29, 0.717) is 18.1 Å². The maximum Gasteiger partial charge on any atom is 0.253 e. The number of hydrogen-bond acceptors (Lipinski definition) is 7. The lowest BCUT2D eigenvalue weighted by Crippen LogP contribution is -2.43. The summed E-state index contributed by atoms with van der Waals surface area (Å²) in [4.78, 5) is 31.9. The van der Waals surface area contributed by atoms with Crippen molar-refractivity contribution in [2.75, 3.05) is 45.2 Å². The molecule has 1 N–H and O–H groups in total. The fourth-order valence-electron chi connectivity index (χ4n) is 5.42. The first-order valence-corrected chi connectivity index (χ1v) is 13.5. The second kappa shape index (κ2) is 11.1. The highest BCUT2D eigenvalue weighted by Gasteiger charge is 2.23. The van der Waals surface area contributed by atoms with Gasteiger partial charge in [-0.25, -0.2) is 9.97 Å². The average Bonchev–Trinajstić information content (AvgIpc) is 3.30. The molecule has 198 valence electrons. The number of nitrogens with zero attached hydrogens (tertiary/aromatic N) is 6. The zero-order chi connectivity index (χ0) is 25.9. The fraction of sp³-hybridized carbons (Fsp3) is 0.571. The Bertz CT molecular complexity index is 1220. The van der Waals surface area contributed by atoms with Crippen LogP contribution in [0, 0.1) is 0 Å². The van der Waals surface area contributed by atoms with E-state index in [1.807, 2.05) is 24.7 Å². The van der Waals surface area contributed by atoms with Crippen molar-refractivity contribution in [1.82, 2.24) is 29.7 Å². The molecular formula is C28H39N7O2. The highest BCUT2D eigenvalue weighted by atomic mass is 16.5. The number of aromatic nitrogens is 4. The van der Waals surface area contributed by atoms with Crippen molar-refractivity contribution in [2.24, 2.45) is 0 Å². The van der Waals surface area contributed by atoms with Gasteiger partial charge in [-0.05, 0) is 71.8 Å². The number of pyridine rings is 1. The Morgan fingerprint density at radius 2 is 1.86 bits per heavy atom. The van der Waals surface area contributed by atoms with Crippen LogP contribution in [0.25, 0.3) is 10.9 Å². The Morgan fingerprint density at radius 3 is 2.57 bits per heavy atom. The lowest BCUT2D eigenvalue weighted by molar-refractivity contribution is 0.0816. The quantitative estimate of drug-likeness (QED) is 0.526. The molecule has 0 aromatic carbocycles. The summed E-state index contributed by atoms with van der Waals surface area (Å²) in [6, 6.07) is 4.51. The minimum absolute atomic E-state index is 0.00816. The molecule has 0 atom stereocenters. The van der Waals surface area contributed by atoms with Gasteiger partial charge in [0.15, 0.2) is 0 Å². The van der Waals surface area contributed by atoms with Crippen LogP contribution in [-0.4, -0.2) is 82.8 Å². The molecule has 0 bridgehead atoms. The lowest BCUT2D eigenvalue weighted by atomic mass is 10.0. The van der Waals surface area contributed by atoms with Gasteiger partial charge in [-0.1, -0.05) is 0 Å². The third kappa shape index (κ3) is 5.78. The van der Waals surface area contributed by atoms with Crippen LogP contribution < -0.4 is 10.2 Å². The minimum atomic E-state index is -0.00816. The van der Waals surface area contributed by atoms with Gasteiger partial charge in [0.05, 0.1) is 22.9 Å². The summed E-state index contributed by atoms with van der Waals surface area (Å²) in [5.74, 6) is 0.762. The van der Waals surface area contributed by atoms with Crippen LogP contribution in [-0.2, 0) is 11.2 Å². The molecule has 2 saturated heterocycles. The Hall–Kier alpha value is -3.04. The van der Waals surface area contributed by atoms with Gasteiger partial charge >= 0.3 is 0 Å². The number of amides is 1. The molecule has 0 radical (unpaired) electrons. The molecule has 0 unspecified atom stereocenters. The van der Waals surface area contributed by atoms with E-state index in [9.17, 15) is 4.79 Å². The first-order valence-electron chi connectivity index (χ1n) is 13.5. The van der Waals surface area contributed by atoms with Crippen molar-refractivity contribution in [1.29, 1.82) is 0 Å². The van der Waals surface area contributed by atoms with E-state index in [1.54, 1.807) is 7.11 Å². The number of rotatable bonds is 7. The van der Waals surface area contributed by atoms with Gasteiger partial charge in [-0.2, -0.15) is 0 Å². The van der Waals surface area contributed by atoms with Crippen LogP contribution in [0.1, 0.15) is 67.3 Å². The highest BCUT2D eigenvalue weighted by Crippen LogP contribution is 2.26. The molecule has 0 aliphatic carbocycles. The molecule has 2 aliphatic rings. The largest absolute Gasteiger partial charge is 0.381 e. The number of ether oxygens (including phenoxy) is 1. The molecule has 3 aromatic heterocycles. The van der Waals surface area contributed by atoms with Crippen LogP contribution in [0.5, 0.6) is 0 Å². The number of carbonyl (C=O) groups is 1. The molecule has 5 rings (SSSR count). The van der Waals surface area contributed by atoms with E-state index in [4.69, 9.17) is 14.7 Å². The predicted molar refractivity (Wildman–Crippen MR) is 145 cm³/mol. The van der Waals surface area contributed by atoms with Crippen LogP contribution in [0.3, 0.4) is 0 Å². The summed E-state index contributed by atoms with van der Waals surface area (Å²) in [6.45, 7) is 8.11. The average molecular weight is 506 g/mol. The van der Waals surface area contributed by atoms with Crippen molar-refractivity contribution in [3.63, 3.8) is 0 Å². The number of nitrogens with one attached hydrogen (secondary N) is 1. The Morgan fingerprint density at radius 1 is 1.11 bits per heavy atom. The third-order valence-corrected chi connectivity index (χ3v) is 7.75. The summed E-state index contributed by atoms with van der Waals surface area (Å²) in [5.41, 5.74) is 3.60. The molecule has 0 saturated carbocycles. The van der Waals surface area contributed by atoms with Crippen LogP contribution in [0.2, 0.25) is 0 Å². The molecular weight excluding hydrogens is 466 g/mol. The Labute approximate surface area is 219 Å². The number of carbonyl (C=O) groups excluding carboxylic acids is 1. The molecule has 9 nitrogen and oxygen atoms in total. The molecule has 37 heavy (non-hydrogen) atoms. The lowest BCUT2D eigenvalue weighted by Gasteiger charge is -2.31. The smallest absolute Gasteiger partial charge is 0.253 e. The fourth-order valence-corrected chi connectivity index (χ4v) is 5.42. The van der Waals surface area contributed by atoms with E-state index < -0.39 is 0 Å². The summed E-state index contributed by atoms with van der Waals surface area (Å²) >= 11 is 0. The molecule has 3 aromatic rings. The summed E-state index contributed by atoms with van der Waals surface area (Å²) in [5, 5.41) is 4.16. The zero-order valence-electron chi connectivity index (χ0n) is 22.5. The second-order valence-electron chi connectivity index (χ2n) is 10.7. The zero-order valence-corrected chi connectivity index (χ0v) is 22.5. The Balaban J connectivity index is 1.34. The molecule has 1 amide bonds. The van der Waals surface area contributed by atoms with Gasteiger partial charge in [-0.15, -0.1) is 0 Å². The molecule has 0 spiro atoms. The summed E-state index contributed by atoms with van der Waals surface area (Å²) in [7, 11) is 3.91.